The summed E-state index contributed by atoms with van der Waals surface area (Å²) < 4.78 is 7.71. The Morgan fingerprint density at radius 1 is 1.17 bits per heavy atom. The first kappa shape index (κ1) is 23.7. The van der Waals surface area contributed by atoms with Gasteiger partial charge in [-0.3, -0.25) is 18.9 Å². The average molecular weight is 507 g/mol. The number of benzene rings is 1. The van der Waals surface area contributed by atoms with E-state index in [0.29, 0.717) is 39.3 Å². The number of carbonyl (C=O) groups excluding carboxylic acids is 1. The lowest BCUT2D eigenvalue weighted by Crippen LogP contribution is -2.27. The molecule has 0 unspecified atom stereocenters. The van der Waals surface area contributed by atoms with Crippen molar-refractivity contribution in [1.29, 1.82) is 0 Å². The Balaban J connectivity index is 1.50. The molecule has 9 heteroatoms. The van der Waals surface area contributed by atoms with Gasteiger partial charge in [-0.05, 0) is 50.0 Å². The number of fused-ring (bicyclic) bond motifs is 1. The molecule has 4 heterocycles. The summed E-state index contributed by atoms with van der Waals surface area (Å²) in [5.41, 5.74) is 3.73. The Labute approximate surface area is 213 Å². The van der Waals surface area contributed by atoms with Crippen molar-refractivity contribution in [2.24, 2.45) is 0 Å². The van der Waals surface area contributed by atoms with E-state index in [1.807, 2.05) is 50.2 Å². The Bertz CT molecular complexity index is 1390. The Kier molecular flexibility index (Phi) is 6.73. The largest absolute Gasteiger partial charge is 0.376 e. The SMILES string of the molecule is Cc1ccc(CN2C(=O)/C(=C/c3c(NC[C@@H]4CCCO4)nc4ccc(C)cn4c3=O)SC2=S)cc1. The first-order valence-electron chi connectivity index (χ1n) is 11.6. The normalized spacial score (nSPS) is 19.3. The number of nitrogens with one attached hydrogen (secondary N) is 1. The van der Waals surface area contributed by atoms with Gasteiger partial charge in [-0.15, -0.1) is 0 Å². The molecule has 0 radical (unpaired) electrons. The molecule has 2 fully saturated rings. The van der Waals surface area contributed by atoms with Crippen molar-refractivity contribution in [2.45, 2.75) is 39.3 Å². The van der Waals surface area contributed by atoms with Gasteiger partial charge in [0.05, 0.1) is 23.1 Å². The van der Waals surface area contributed by atoms with Gasteiger partial charge >= 0.3 is 0 Å². The molecule has 5 rings (SSSR count). The van der Waals surface area contributed by atoms with E-state index in [2.05, 4.69) is 5.32 Å². The molecule has 0 bridgehead atoms. The monoisotopic (exact) mass is 506 g/mol. The minimum absolute atomic E-state index is 0.0776. The van der Waals surface area contributed by atoms with Crippen molar-refractivity contribution in [3.8, 4) is 0 Å². The molecule has 2 saturated heterocycles. The highest BCUT2D eigenvalue weighted by Crippen LogP contribution is 2.34. The fourth-order valence-corrected chi connectivity index (χ4v) is 5.42. The zero-order valence-corrected chi connectivity index (χ0v) is 21.2. The van der Waals surface area contributed by atoms with E-state index < -0.39 is 0 Å². The standard InChI is InChI=1S/C26H26N4O3S2/c1-16-5-8-18(9-6-16)15-30-25(32)21(35-26(30)34)12-20-23(27-13-19-4-3-11-33-19)28-22-10-7-17(2)14-29(22)24(20)31/h5-10,12,14,19,27H,3-4,11,13,15H2,1-2H3/b21-12-/t19-/m0/s1. The molecule has 1 amide bonds. The summed E-state index contributed by atoms with van der Waals surface area (Å²) in [6.45, 7) is 5.62. The minimum Gasteiger partial charge on any atom is -0.376 e. The van der Waals surface area contributed by atoms with Crippen molar-refractivity contribution in [3.63, 3.8) is 0 Å². The van der Waals surface area contributed by atoms with E-state index in [1.165, 1.54) is 16.2 Å². The van der Waals surface area contributed by atoms with Crippen LogP contribution in [-0.4, -0.2) is 43.8 Å². The molecular formula is C26H26N4O3S2. The molecule has 2 aromatic heterocycles. The van der Waals surface area contributed by atoms with Crippen LogP contribution in [0.1, 0.15) is 35.1 Å². The quantitative estimate of drug-likeness (QED) is 0.395. The summed E-state index contributed by atoms with van der Waals surface area (Å²) >= 11 is 6.72. The number of hydrogen-bond acceptors (Lipinski definition) is 7. The van der Waals surface area contributed by atoms with Crippen molar-refractivity contribution in [2.75, 3.05) is 18.5 Å². The number of ether oxygens (including phenoxy) is 1. The van der Waals surface area contributed by atoms with Gasteiger partial charge in [0.1, 0.15) is 15.8 Å². The van der Waals surface area contributed by atoms with Crippen LogP contribution in [0.5, 0.6) is 0 Å². The van der Waals surface area contributed by atoms with E-state index in [4.69, 9.17) is 21.9 Å². The highest BCUT2D eigenvalue weighted by Gasteiger charge is 2.32. The van der Waals surface area contributed by atoms with Crippen LogP contribution in [0.4, 0.5) is 5.82 Å². The van der Waals surface area contributed by atoms with Crippen LogP contribution in [0.2, 0.25) is 0 Å². The highest BCUT2D eigenvalue weighted by molar-refractivity contribution is 8.26. The number of pyridine rings is 1. The number of thiocarbonyl (C=S) groups is 1. The molecule has 7 nitrogen and oxygen atoms in total. The van der Waals surface area contributed by atoms with Crippen LogP contribution in [-0.2, 0) is 16.1 Å². The highest BCUT2D eigenvalue weighted by atomic mass is 32.2. The van der Waals surface area contributed by atoms with Gasteiger partial charge < -0.3 is 10.1 Å². The molecule has 0 aliphatic carbocycles. The zero-order valence-electron chi connectivity index (χ0n) is 19.6. The second-order valence-electron chi connectivity index (χ2n) is 8.88. The van der Waals surface area contributed by atoms with E-state index in [0.717, 1.165) is 36.1 Å². The van der Waals surface area contributed by atoms with Gasteiger partial charge in [0, 0.05) is 19.3 Å². The lowest BCUT2D eigenvalue weighted by molar-refractivity contribution is -0.122. The Morgan fingerprint density at radius 3 is 2.69 bits per heavy atom. The summed E-state index contributed by atoms with van der Waals surface area (Å²) in [5.74, 6) is 0.234. The zero-order chi connectivity index (χ0) is 24.5. The number of aromatic nitrogens is 2. The van der Waals surface area contributed by atoms with Gasteiger partial charge in [0.25, 0.3) is 11.5 Å². The van der Waals surface area contributed by atoms with Crippen molar-refractivity contribution >= 4 is 51.7 Å². The summed E-state index contributed by atoms with van der Waals surface area (Å²) in [6, 6.07) is 11.7. The summed E-state index contributed by atoms with van der Waals surface area (Å²) in [7, 11) is 0. The van der Waals surface area contributed by atoms with Crippen LogP contribution in [0.3, 0.4) is 0 Å². The van der Waals surface area contributed by atoms with E-state index in [1.54, 1.807) is 17.2 Å². The molecule has 2 aliphatic rings. The number of aryl methyl sites for hydroxylation is 2. The Hall–Kier alpha value is -3.01. The fraction of sp³-hybridized carbons (Fsp3) is 0.308. The Morgan fingerprint density at radius 2 is 1.94 bits per heavy atom. The van der Waals surface area contributed by atoms with Crippen LogP contribution in [0.25, 0.3) is 11.7 Å². The molecular weight excluding hydrogens is 480 g/mol. The molecule has 1 atom stereocenters. The van der Waals surface area contributed by atoms with Crippen LogP contribution in [0, 0.1) is 13.8 Å². The molecule has 0 saturated carbocycles. The lowest BCUT2D eigenvalue weighted by atomic mass is 10.1. The molecule has 3 aromatic rings. The van der Waals surface area contributed by atoms with Crippen molar-refractivity contribution < 1.29 is 9.53 Å². The maximum Gasteiger partial charge on any atom is 0.267 e. The van der Waals surface area contributed by atoms with Gasteiger partial charge in [0.2, 0.25) is 0 Å². The maximum atomic E-state index is 13.5. The minimum atomic E-state index is -0.239. The molecule has 0 spiro atoms. The number of nitrogens with zero attached hydrogens (tertiary/aromatic N) is 3. The van der Waals surface area contributed by atoms with E-state index >= 15 is 0 Å². The molecule has 35 heavy (non-hydrogen) atoms. The molecule has 1 N–H and O–H groups in total. The number of amides is 1. The van der Waals surface area contributed by atoms with Crippen LogP contribution >= 0.6 is 24.0 Å². The number of rotatable bonds is 6. The average Bonchev–Trinajstić information content (AvgIpc) is 3.45. The fourth-order valence-electron chi connectivity index (χ4n) is 4.18. The number of thioether (sulfide) groups is 1. The van der Waals surface area contributed by atoms with Crippen LogP contribution < -0.4 is 10.9 Å². The lowest BCUT2D eigenvalue weighted by Gasteiger charge is -2.15. The summed E-state index contributed by atoms with van der Waals surface area (Å²) in [5, 5.41) is 3.30. The molecule has 2 aliphatic heterocycles. The smallest absolute Gasteiger partial charge is 0.267 e. The third-order valence-corrected chi connectivity index (χ3v) is 7.51. The van der Waals surface area contributed by atoms with Crippen LogP contribution in [0.15, 0.2) is 52.3 Å². The van der Waals surface area contributed by atoms with Crippen molar-refractivity contribution in [3.05, 3.63) is 80.1 Å². The second-order valence-corrected chi connectivity index (χ2v) is 10.6. The van der Waals surface area contributed by atoms with Gasteiger partial charge in [-0.25, -0.2) is 4.98 Å². The van der Waals surface area contributed by atoms with Crippen molar-refractivity contribution in [1.82, 2.24) is 14.3 Å². The third-order valence-electron chi connectivity index (χ3n) is 6.14. The van der Waals surface area contributed by atoms with Gasteiger partial charge in [0.15, 0.2) is 0 Å². The number of anilines is 1. The number of hydrogen-bond donors (Lipinski definition) is 1. The van der Waals surface area contributed by atoms with Gasteiger partial charge in [-0.2, -0.15) is 0 Å². The number of carbonyl (C=O) groups is 1. The van der Waals surface area contributed by atoms with E-state index in [9.17, 15) is 9.59 Å². The van der Waals surface area contributed by atoms with E-state index in [-0.39, 0.29) is 17.6 Å². The predicted molar refractivity (Wildman–Crippen MR) is 144 cm³/mol. The maximum absolute atomic E-state index is 13.5. The predicted octanol–water partition coefficient (Wildman–Crippen LogP) is 4.30. The first-order chi connectivity index (χ1) is 16.9. The summed E-state index contributed by atoms with van der Waals surface area (Å²) in [4.78, 5) is 33.5. The molecule has 1 aromatic carbocycles. The topological polar surface area (TPSA) is 75.9 Å². The summed E-state index contributed by atoms with van der Waals surface area (Å²) in [6.07, 6.45) is 5.45. The third kappa shape index (κ3) is 5.03. The van der Waals surface area contributed by atoms with Gasteiger partial charge in [-0.1, -0.05) is 59.9 Å². The molecule has 180 valence electrons. The first-order valence-corrected chi connectivity index (χ1v) is 12.8. The second kappa shape index (κ2) is 9.93.